The van der Waals surface area contributed by atoms with Gasteiger partial charge in [-0.15, -0.1) is 34.9 Å². The molecule has 0 aliphatic rings. The van der Waals surface area contributed by atoms with Gasteiger partial charge in [0.15, 0.2) is 11.4 Å². The summed E-state index contributed by atoms with van der Waals surface area (Å²) in [5.41, 5.74) is 3.64. The van der Waals surface area contributed by atoms with Gasteiger partial charge in [0, 0.05) is 58.9 Å². The van der Waals surface area contributed by atoms with E-state index >= 15 is 0 Å². The molecule has 0 spiro atoms. The van der Waals surface area contributed by atoms with Crippen molar-refractivity contribution in [3.05, 3.63) is 71.8 Å². The van der Waals surface area contributed by atoms with Gasteiger partial charge in [-0.1, -0.05) is 85.6 Å². The summed E-state index contributed by atoms with van der Waals surface area (Å²) in [5.74, 6) is 0.286. The molecule has 0 unspecified atom stereocenters. The summed E-state index contributed by atoms with van der Waals surface area (Å²) in [5, 5.41) is 16.8. The molecule has 0 aliphatic carbocycles. The molecule has 4 aromatic heterocycles. The van der Waals surface area contributed by atoms with Crippen molar-refractivity contribution in [2.75, 3.05) is 0 Å². The van der Waals surface area contributed by atoms with E-state index in [1.807, 2.05) is 47.6 Å². The van der Waals surface area contributed by atoms with Crippen molar-refractivity contribution in [2.24, 2.45) is 10.8 Å². The van der Waals surface area contributed by atoms with Crippen LogP contribution in [-0.2, 0) is 30.3 Å². The first-order chi connectivity index (χ1) is 21.8. The van der Waals surface area contributed by atoms with E-state index in [2.05, 4.69) is 61.5 Å². The topological polar surface area (TPSA) is 76.2 Å². The van der Waals surface area contributed by atoms with Crippen molar-refractivity contribution in [1.82, 2.24) is 9.97 Å². The fourth-order valence-corrected chi connectivity index (χ4v) is 7.89. The second kappa shape index (κ2) is 14.3. The third-order valence-corrected chi connectivity index (χ3v) is 12.1. The molecule has 0 atom stereocenters. The molecule has 0 amide bonds. The van der Waals surface area contributed by atoms with Crippen molar-refractivity contribution in [2.45, 2.75) is 93.4 Å². The number of carbonyl (C=O) groups excluding carboxylic acids is 1. The minimum absolute atomic E-state index is 0. The van der Waals surface area contributed by atoms with Crippen LogP contribution in [0.1, 0.15) is 93.6 Å². The Morgan fingerprint density at radius 1 is 0.936 bits per heavy atom. The van der Waals surface area contributed by atoms with Gasteiger partial charge in [-0.25, -0.2) is 4.98 Å². The maximum absolute atomic E-state index is 12.2. The van der Waals surface area contributed by atoms with Crippen LogP contribution in [-0.4, -0.2) is 20.9 Å². The Morgan fingerprint density at radius 2 is 1.62 bits per heavy atom. The zero-order chi connectivity index (χ0) is 33.4. The van der Waals surface area contributed by atoms with Gasteiger partial charge in [0.25, 0.3) is 0 Å². The first kappa shape index (κ1) is 36.9. The molecule has 0 aliphatic heterocycles. The number of ketones is 1. The molecule has 5 nitrogen and oxygen atoms in total. The van der Waals surface area contributed by atoms with E-state index in [4.69, 9.17) is 9.40 Å². The molecular formula is C39H45IrN2O3S2-. The van der Waals surface area contributed by atoms with Crippen molar-refractivity contribution in [1.29, 1.82) is 0 Å². The Kier molecular flexibility index (Phi) is 11.2. The molecule has 4 heterocycles. The summed E-state index contributed by atoms with van der Waals surface area (Å²) in [6, 6.07) is 14.3. The fraction of sp³-hybridized carbons (Fsp3) is 0.410. The van der Waals surface area contributed by atoms with E-state index in [0.717, 1.165) is 73.6 Å². The SMILES string of the molecule is CC(C)(C)c1cc(-c2ncnc3sc4c(ccc5ccoc54)c23)[c-]c2ccsc12.CCC(C)(CC)C(=O)/C=C(\O)C(C)(CC)CC.[Ir]. The summed E-state index contributed by atoms with van der Waals surface area (Å²) in [6.45, 7) is 18.9. The molecule has 1 N–H and O–H groups in total. The molecule has 47 heavy (non-hydrogen) atoms. The monoisotopic (exact) mass is 846 g/mol. The molecule has 2 aromatic carbocycles. The number of carbonyl (C=O) groups is 1. The average molecular weight is 846 g/mol. The van der Waals surface area contributed by atoms with Crippen LogP contribution in [0.25, 0.3) is 52.6 Å². The molecule has 251 valence electrons. The second-order valence-corrected chi connectivity index (χ2v) is 15.6. The Morgan fingerprint density at radius 3 is 2.26 bits per heavy atom. The number of fused-ring (bicyclic) bond motifs is 6. The van der Waals surface area contributed by atoms with Crippen LogP contribution in [0.15, 0.2) is 64.6 Å². The number of hydrogen-bond donors (Lipinski definition) is 1. The summed E-state index contributed by atoms with van der Waals surface area (Å²) in [6.07, 6.45) is 8.16. The van der Waals surface area contributed by atoms with E-state index < -0.39 is 0 Å². The van der Waals surface area contributed by atoms with E-state index in [9.17, 15) is 9.90 Å². The van der Waals surface area contributed by atoms with Gasteiger partial charge in [0.1, 0.15) is 16.9 Å². The zero-order valence-electron chi connectivity index (χ0n) is 28.8. The van der Waals surface area contributed by atoms with Crippen LogP contribution in [0, 0.1) is 16.9 Å². The Balaban J connectivity index is 0.000000242. The summed E-state index contributed by atoms with van der Waals surface area (Å²) in [4.78, 5) is 22.4. The van der Waals surface area contributed by atoms with Gasteiger partial charge in [0.2, 0.25) is 0 Å². The predicted molar refractivity (Wildman–Crippen MR) is 196 cm³/mol. The number of aliphatic hydroxyl groups is 1. The Bertz CT molecular complexity index is 2050. The van der Waals surface area contributed by atoms with E-state index in [-0.39, 0.29) is 47.9 Å². The van der Waals surface area contributed by atoms with Gasteiger partial charge < -0.3 is 9.52 Å². The van der Waals surface area contributed by atoms with Crippen molar-refractivity contribution in [3.8, 4) is 11.3 Å². The smallest absolute Gasteiger partial charge is 0.164 e. The first-order valence-corrected chi connectivity index (χ1v) is 17.9. The Hall–Kier alpha value is -2.90. The normalized spacial score (nSPS) is 12.8. The van der Waals surface area contributed by atoms with Gasteiger partial charge in [0.05, 0.1) is 11.0 Å². The number of nitrogens with zero attached hydrogens (tertiary/aromatic N) is 2. The quantitative estimate of drug-likeness (QED) is 0.0938. The zero-order valence-corrected chi connectivity index (χ0v) is 32.9. The largest absolute Gasteiger partial charge is 0.512 e. The number of hydrogen-bond acceptors (Lipinski definition) is 7. The Labute approximate surface area is 299 Å². The van der Waals surface area contributed by atoms with Crippen LogP contribution in [0.5, 0.6) is 0 Å². The molecule has 0 saturated heterocycles. The number of aromatic nitrogens is 2. The molecule has 0 bridgehead atoms. The van der Waals surface area contributed by atoms with E-state index in [1.165, 1.54) is 16.3 Å². The third-order valence-electron chi connectivity index (χ3n) is 9.99. The number of benzene rings is 2. The summed E-state index contributed by atoms with van der Waals surface area (Å²) in [7, 11) is 0. The number of rotatable bonds is 8. The minimum atomic E-state index is -0.337. The predicted octanol–water partition coefficient (Wildman–Crippen LogP) is 12.2. The maximum atomic E-state index is 12.2. The van der Waals surface area contributed by atoms with Crippen LogP contribution in [0.4, 0.5) is 0 Å². The standard InChI is InChI=1S/C24H17N2OS2.C15H28O2.Ir/c1-24(2,3)17-11-15(10-14-7-9-28-21(14)17)19-18-16-5-4-13-6-8-27-20(13)22(16)29-23(18)26-12-25-19;1-7-14(5,8-2)12(16)11-13(17)15(6,9-3)10-4;/h4-9,11-12H,1-3H3;11,16H,7-10H2,1-6H3;/q-1;;/b;12-11-;. The molecule has 0 fully saturated rings. The van der Waals surface area contributed by atoms with Crippen molar-refractivity contribution in [3.63, 3.8) is 0 Å². The van der Waals surface area contributed by atoms with Gasteiger partial charge in [-0.2, -0.15) is 11.3 Å². The minimum Gasteiger partial charge on any atom is -0.512 e. The molecule has 6 aromatic rings. The van der Waals surface area contributed by atoms with Crippen LogP contribution < -0.4 is 0 Å². The third kappa shape index (κ3) is 6.98. The molecule has 6 rings (SSSR count). The van der Waals surface area contributed by atoms with Crippen molar-refractivity contribution >= 4 is 69.8 Å². The summed E-state index contributed by atoms with van der Waals surface area (Å²) < 4.78 is 8.20. The van der Waals surface area contributed by atoms with E-state index in [1.54, 1.807) is 35.3 Å². The first-order valence-electron chi connectivity index (χ1n) is 16.2. The van der Waals surface area contributed by atoms with Gasteiger partial charge in [-0.3, -0.25) is 9.78 Å². The number of allylic oxidation sites excluding steroid dienone is 2. The number of aliphatic hydroxyl groups excluding tert-OH is 1. The van der Waals surface area contributed by atoms with Crippen LogP contribution in [0.3, 0.4) is 0 Å². The molecule has 1 radical (unpaired) electrons. The molecular weight excluding hydrogens is 801 g/mol. The average Bonchev–Trinajstić information content (AvgIpc) is 3.81. The molecule has 0 saturated carbocycles. The molecule has 8 heteroatoms. The number of furan rings is 1. The van der Waals surface area contributed by atoms with Crippen LogP contribution in [0.2, 0.25) is 0 Å². The van der Waals surface area contributed by atoms with Gasteiger partial charge >= 0.3 is 0 Å². The van der Waals surface area contributed by atoms with Crippen LogP contribution >= 0.6 is 22.7 Å². The fourth-order valence-electron chi connectivity index (χ4n) is 5.67. The van der Waals surface area contributed by atoms with Crippen molar-refractivity contribution < 1.29 is 34.4 Å². The maximum Gasteiger partial charge on any atom is 0.164 e. The van der Waals surface area contributed by atoms with Gasteiger partial charge in [-0.05, 0) is 47.2 Å². The summed E-state index contributed by atoms with van der Waals surface area (Å²) >= 11 is 3.44. The second-order valence-electron chi connectivity index (χ2n) is 13.7. The van der Waals surface area contributed by atoms with E-state index in [0.29, 0.717) is 0 Å². The number of thiophene rings is 2.